The third-order valence-corrected chi connectivity index (χ3v) is 17.4. The van der Waals surface area contributed by atoms with Gasteiger partial charge in [-0.2, -0.15) is 51.7 Å². The number of rotatable bonds is 9. The molecule has 0 amide bonds. The topological polar surface area (TPSA) is 37.1 Å². The number of nitrogens with zero attached hydrogens (tertiary/aromatic N) is 4. The van der Waals surface area contributed by atoms with Gasteiger partial charge < -0.3 is 4.57 Å². The zero-order chi connectivity index (χ0) is 46.5. The number of hydroxylamine groups is 1. The Morgan fingerprint density at radius 2 is 1.09 bits per heavy atom. The van der Waals surface area contributed by atoms with E-state index in [2.05, 4.69) is 211 Å². The summed E-state index contributed by atoms with van der Waals surface area (Å²) in [6.45, 7) is -2.48. The molecule has 2 aromatic heterocycles. The Morgan fingerprint density at radius 3 is 1.76 bits per heavy atom. The molecule has 0 atom stereocenters. The zero-order valence-electron chi connectivity index (χ0n) is 39.1. The fourth-order valence-corrected chi connectivity index (χ4v) is 14.5. The molecule has 1 aliphatic heterocycles. The van der Waals surface area contributed by atoms with Crippen LogP contribution in [-0.4, -0.2) is 29.5 Å². The monoisotopic (exact) mass is 1060 g/mol. The maximum atomic E-state index is 8.35. The Labute approximate surface area is 410 Å². The summed E-state index contributed by atoms with van der Waals surface area (Å²) < 4.78 is 27.3. The van der Waals surface area contributed by atoms with Crippen molar-refractivity contribution in [3.8, 4) is 39.2 Å². The summed E-state index contributed by atoms with van der Waals surface area (Å²) >= 11 is 0. The van der Waals surface area contributed by atoms with E-state index in [1.165, 1.54) is 0 Å². The predicted molar refractivity (Wildman–Crippen MR) is 275 cm³/mol. The minimum absolute atomic E-state index is 0. The van der Waals surface area contributed by atoms with Gasteiger partial charge in [0, 0.05) is 38.5 Å². The second-order valence-corrected chi connectivity index (χ2v) is 20.2. The summed E-state index contributed by atoms with van der Waals surface area (Å²) in [6.07, 6.45) is 1.92. The molecule has 0 spiro atoms. The molecule has 5 nitrogen and oxygen atoms in total. The van der Waals surface area contributed by atoms with E-state index in [-0.39, 0.29) is 21.1 Å². The second kappa shape index (κ2) is 17.7. The van der Waals surface area contributed by atoms with Crippen molar-refractivity contribution < 1.29 is 30.1 Å². The average molecular weight is 1060 g/mol. The Bertz CT molecular complexity index is 3570. The SMILES string of the molecule is [2H]C([2H])([2H])N1[OH+]N(c2[c-]c([Si](c3[c-]c4c(cc3)c3ccccc3n4-c3cc(-c4c(-c5ccccc5)cccc4-c4ccccc4)ccn3)(c3ccccc3)c3ccccc3)ccc2)c2ccccc21.[Pt]. The summed E-state index contributed by atoms with van der Waals surface area (Å²) in [7, 11) is -3.31. The van der Waals surface area contributed by atoms with Crippen LogP contribution in [0.5, 0.6) is 0 Å². The Hall–Kier alpha value is -7.60. The average Bonchev–Trinajstić information content (AvgIpc) is 3.97. The minimum atomic E-state index is -3.31. The first-order chi connectivity index (χ1) is 33.9. The molecule has 0 radical (unpaired) electrons. The largest absolute Gasteiger partial charge is 0.319 e. The molecule has 324 valence electrons. The molecular formula is C60H43N4OPtSi-. The molecule has 0 saturated carbocycles. The van der Waals surface area contributed by atoms with E-state index in [1.54, 1.807) is 11.1 Å². The first kappa shape index (κ1) is 38.6. The Balaban J connectivity index is 0.00000533. The molecule has 1 N–H and O–H groups in total. The summed E-state index contributed by atoms with van der Waals surface area (Å²) in [5.74, 6) is 0.780. The molecule has 9 aromatic carbocycles. The molecule has 1 aliphatic rings. The van der Waals surface area contributed by atoms with Crippen molar-refractivity contribution in [2.45, 2.75) is 0 Å². The molecule has 0 aliphatic carbocycles. The number of fused-ring (bicyclic) bond motifs is 4. The van der Waals surface area contributed by atoms with Crippen molar-refractivity contribution in [2.24, 2.45) is 0 Å². The van der Waals surface area contributed by atoms with Gasteiger partial charge in [-0.3, -0.25) is 0 Å². The third kappa shape index (κ3) is 7.13. The van der Waals surface area contributed by atoms with Crippen molar-refractivity contribution in [3.05, 3.63) is 249 Å². The Morgan fingerprint density at radius 1 is 0.507 bits per heavy atom. The van der Waals surface area contributed by atoms with Gasteiger partial charge in [0.05, 0.1) is 11.1 Å². The van der Waals surface area contributed by atoms with Crippen molar-refractivity contribution in [1.82, 2.24) is 9.55 Å². The Kier molecular flexibility index (Phi) is 10.2. The van der Waals surface area contributed by atoms with Crippen molar-refractivity contribution in [2.75, 3.05) is 17.1 Å². The number of anilines is 3. The van der Waals surface area contributed by atoms with Crippen LogP contribution < -0.4 is 30.9 Å². The summed E-state index contributed by atoms with van der Waals surface area (Å²) in [4.78, 5) is 9.86. The van der Waals surface area contributed by atoms with Gasteiger partial charge in [-0.15, -0.1) is 21.6 Å². The third-order valence-electron chi connectivity index (χ3n) is 12.8. The summed E-state index contributed by atoms with van der Waals surface area (Å²) in [6, 6.07) is 88.1. The van der Waals surface area contributed by atoms with Crippen LogP contribution in [0.15, 0.2) is 237 Å². The van der Waals surface area contributed by atoms with E-state index in [9.17, 15) is 0 Å². The van der Waals surface area contributed by atoms with Gasteiger partial charge in [0.15, 0.2) is 0 Å². The van der Waals surface area contributed by atoms with Gasteiger partial charge in [0.2, 0.25) is 0 Å². The van der Waals surface area contributed by atoms with Gasteiger partial charge in [-0.1, -0.05) is 175 Å². The molecule has 0 unspecified atom stereocenters. The maximum Gasteiger partial charge on any atom is 0.145 e. The second-order valence-electron chi connectivity index (χ2n) is 16.5. The fourth-order valence-electron chi connectivity index (χ4n) is 9.92. The summed E-state index contributed by atoms with van der Waals surface area (Å²) in [5, 5.41) is 9.29. The van der Waals surface area contributed by atoms with Crippen molar-refractivity contribution in [3.63, 3.8) is 0 Å². The summed E-state index contributed by atoms with van der Waals surface area (Å²) in [5.41, 5.74) is 10.5. The van der Waals surface area contributed by atoms with Crippen LogP contribution in [0.3, 0.4) is 0 Å². The quantitative estimate of drug-likeness (QED) is 0.0626. The molecule has 0 bridgehead atoms. The van der Waals surface area contributed by atoms with E-state index in [4.69, 9.17) is 14.0 Å². The van der Waals surface area contributed by atoms with Gasteiger partial charge in [0.25, 0.3) is 0 Å². The van der Waals surface area contributed by atoms with E-state index in [1.807, 2.05) is 36.5 Å². The number of hydrogen-bond donors (Lipinski definition) is 0. The standard InChI is InChI=1S/C60H42N4OSi.Pt/c1-62-56-34-16-17-35-57(56)64(65-62)46-24-18-29-49(41-46)66(47-25-10-4-11-26-47,48-27-12-5-13-28-48)50-36-37-54-53-30-14-15-33-55(53)63(58(54)42-50)59-40-45(38-39-61-59)60-51(43-20-6-2-7-21-43)31-19-32-52(60)44-22-8-3-9-23-44;/h2-40H,1H3;/q-2;/p+1/i1D3;. The van der Waals surface area contributed by atoms with Crippen LogP contribution >= 0.6 is 0 Å². The van der Waals surface area contributed by atoms with E-state index in [0.717, 1.165) is 86.8 Å². The maximum absolute atomic E-state index is 8.35. The molecule has 11 aromatic rings. The van der Waals surface area contributed by atoms with Crippen LogP contribution in [0, 0.1) is 12.1 Å². The van der Waals surface area contributed by atoms with Gasteiger partial charge in [-0.05, 0) is 79.5 Å². The number of aromatic nitrogens is 2. The molecule has 7 heteroatoms. The smallest absolute Gasteiger partial charge is 0.145 e. The van der Waals surface area contributed by atoms with E-state index in [0.29, 0.717) is 17.1 Å². The first-order valence-electron chi connectivity index (χ1n) is 23.6. The van der Waals surface area contributed by atoms with Crippen LogP contribution in [-0.2, 0) is 21.1 Å². The number of benzene rings is 9. The van der Waals surface area contributed by atoms with Gasteiger partial charge >= 0.3 is 0 Å². The van der Waals surface area contributed by atoms with Gasteiger partial charge in [0.1, 0.15) is 25.3 Å². The molecule has 0 fully saturated rings. The van der Waals surface area contributed by atoms with Crippen LogP contribution in [0.4, 0.5) is 17.1 Å². The van der Waals surface area contributed by atoms with E-state index < -0.39 is 15.0 Å². The molecule has 67 heavy (non-hydrogen) atoms. The molecular weight excluding hydrogens is 1020 g/mol. The normalized spacial score (nSPS) is 13.2. The number of pyridine rings is 1. The van der Waals surface area contributed by atoms with E-state index >= 15 is 0 Å². The van der Waals surface area contributed by atoms with Crippen LogP contribution in [0.2, 0.25) is 0 Å². The molecule has 12 rings (SSSR count). The molecule has 0 saturated heterocycles. The predicted octanol–water partition coefficient (Wildman–Crippen LogP) is 11.6. The fraction of sp³-hybridized carbons (Fsp3) is 0.0167. The first-order valence-corrected chi connectivity index (χ1v) is 24.1. The van der Waals surface area contributed by atoms with Crippen LogP contribution in [0.25, 0.3) is 61.0 Å². The molecule has 3 heterocycles. The van der Waals surface area contributed by atoms with Crippen LogP contribution in [0.1, 0.15) is 4.11 Å². The minimum Gasteiger partial charge on any atom is -0.319 e. The number of para-hydroxylation sites is 3. The van der Waals surface area contributed by atoms with Crippen molar-refractivity contribution >= 4 is 67.7 Å². The van der Waals surface area contributed by atoms with Gasteiger partial charge in [-0.25, -0.2) is 4.98 Å². The zero-order valence-corrected chi connectivity index (χ0v) is 39.3. The number of hydrogen-bond acceptors (Lipinski definition) is 3. The van der Waals surface area contributed by atoms with Crippen molar-refractivity contribution in [1.29, 1.82) is 0 Å².